The number of nitrogens with one attached hydrogen (secondary N) is 1. The molecule has 0 saturated heterocycles. The molecule has 136 valence electrons. The van der Waals surface area contributed by atoms with Crippen molar-refractivity contribution in [2.45, 2.75) is 6.18 Å². The van der Waals surface area contributed by atoms with Crippen molar-refractivity contribution in [3.63, 3.8) is 0 Å². The second-order valence-corrected chi connectivity index (χ2v) is 5.42. The summed E-state index contributed by atoms with van der Waals surface area (Å²) in [7, 11) is 0. The van der Waals surface area contributed by atoms with E-state index in [0.29, 0.717) is 0 Å². The van der Waals surface area contributed by atoms with Crippen molar-refractivity contribution in [2.75, 3.05) is 29.1 Å². The van der Waals surface area contributed by atoms with Crippen LogP contribution in [0.5, 0.6) is 5.75 Å². The van der Waals surface area contributed by atoms with Crippen LogP contribution in [0.3, 0.4) is 0 Å². The van der Waals surface area contributed by atoms with Crippen LogP contribution in [-0.2, 0) is 15.8 Å². The Kier molecular flexibility index (Phi) is 4.41. The smallest absolute Gasteiger partial charge is 0.418 e. The van der Waals surface area contributed by atoms with E-state index in [1.54, 1.807) is 0 Å². The molecular formula is C16H13F3N4O3. The molecule has 0 unspecified atom stereocenters. The van der Waals surface area contributed by atoms with E-state index in [2.05, 4.69) is 10.3 Å². The molecule has 0 aliphatic carbocycles. The second kappa shape index (κ2) is 6.54. The van der Waals surface area contributed by atoms with E-state index in [0.717, 1.165) is 17.0 Å². The molecule has 0 atom stereocenters. The topological polar surface area (TPSA) is 97.5 Å². The number of halogens is 3. The summed E-state index contributed by atoms with van der Waals surface area (Å²) in [5.41, 5.74) is 4.20. The Bertz CT molecular complexity index is 870. The summed E-state index contributed by atoms with van der Waals surface area (Å²) in [6.45, 7) is -0.844. The number of carbonyl (C=O) groups excluding carboxylic acids is 2. The van der Waals surface area contributed by atoms with Crippen LogP contribution >= 0.6 is 0 Å². The molecule has 2 heterocycles. The lowest BCUT2D eigenvalue weighted by Gasteiger charge is -2.27. The van der Waals surface area contributed by atoms with Crippen LogP contribution in [0.25, 0.3) is 0 Å². The van der Waals surface area contributed by atoms with Gasteiger partial charge in [0.15, 0.2) is 18.2 Å². The minimum atomic E-state index is -4.62. The Morgan fingerprint density at radius 2 is 2.00 bits per heavy atom. The minimum absolute atomic E-state index is 0.0421. The van der Waals surface area contributed by atoms with Crippen LogP contribution in [0, 0.1) is 0 Å². The zero-order valence-electron chi connectivity index (χ0n) is 13.2. The molecule has 0 radical (unpaired) electrons. The van der Waals surface area contributed by atoms with Crippen LogP contribution in [0.2, 0.25) is 0 Å². The number of anilines is 3. The van der Waals surface area contributed by atoms with Gasteiger partial charge in [-0.25, -0.2) is 4.98 Å². The molecule has 1 aromatic heterocycles. The van der Waals surface area contributed by atoms with Gasteiger partial charge in [0.1, 0.15) is 12.4 Å². The number of benzene rings is 1. The molecule has 3 N–H and O–H groups in total. The molecule has 3 rings (SSSR count). The summed E-state index contributed by atoms with van der Waals surface area (Å²) >= 11 is 0. The molecule has 2 aromatic rings. The number of carbonyl (C=O) groups is 2. The highest BCUT2D eigenvalue weighted by Gasteiger charge is 2.34. The van der Waals surface area contributed by atoms with E-state index in [1.165, 1.54) is 24.3 Å². The van der Waals surface area contributed by atoms with Crippen molar-refractivity contribution in [1.82, 2.24) is 4.98 Å². The van der Waals surface area contributed by atoms with E-state index in [-0.39, 0.29) is 24.0 Å². The summed E-state index contributed by atoms with van der Waals surface area (Å²) < 4.78 is 44.2. The zero-order chi connectivity index (χ0) is 18.9. The zero-order valence-corrected chi connectivity index (χ0v) is 13.2. The fourth-order valence-corrected chi connectivity index (χ4v) is 2.43. The van der Waals surface area contributed by atoms with Crippen LogP contribution in [0.4, 0.5) is 30.5 Å². The maximum absolute atomic E-state index is 13.0. The summed E-state index contributed by atoms with van der Waals surface area (Å²) in [6, 6.07) is 7.52. The van der Waals surface area contributed by atoms with Crippen molar-refractivity contribution in [1.29, 1.82) is 0 Å². The van der Waals surface area contributed by atoms with Gasteiger partial charge in [-0.15, -0.1) is 0 Å². The summed E-state index contributed by atoms with van der Waals surface area (Å²) in [6.07, 6.45) is -4.62. The molecule has 26 heavy (non-hydrogen) atoms. The number of hydrogen-bond acceptors (Lipinski definition) is 5. The molecule has 0 fully saturated rings. The number of alkyl halides is 3. The van der Waals surface area contributed by atoms with E-state index in [9.17, 15) is 22.8 Å². The minimum Gasteiger partial charge on any atom is -0.480 e. The fourth-order valence-electron chi connectivity index (χ4n) is 2.43. The van der Waals surface area contributed by atoms with E-state index >= 15 is 0 Å². The van der Waals surface area contributed by atoms with Crippen molar-refractivity contribution in [3.8, 4) is 5.75 Å². The van der Waals surface area contributed by atoms with E-state index in [4.69, 9.17) is 10.5 Å². The second-order valence-electron chi connectivity index (χ2n) is 5.42. The van der Waals surface area contributed by atoms with Gasteiger partial charge in [0.05, 0.1) is 11.3 Å². The fraction of sp³-hybridized carbons (Fsp3) is 0.188. The molecule has 1 aliphatic heterocycles. The van der Waals surface area contributed by atoms with Crippen molar-refractivity contribution in [3.05, 3.63) is 42.0 Å². The number of rotatable bonds is 3. The quantitative estimate of drug-likeness (QED) is 0.867. The molecule has 2 amide bonds. The number of ether oxygens (including phenoxy) is 1. The lowest BCUT2D eigenvalue weighted by atomic mass is 10.1. The predicted molar refractivity (Wildman–Crippen MR) is 86.6 cm³/mol. The molecule has 0 saturated carbocycles. The first-order valence-corrected chi connectivity index (χ1v) is 7.41. The Hall–Kier alpha value is -3.30. The molecule has 0 bridgehead atoms. The third-order valence-corrected chi connectivity index (χ3v) is 3.58. The van der Waals surface area contributed by atoms with Crippen LogP contribution < -0.4 is 20.7 Å². The molecule has 1 aliphatic rings. The molecule has 1 aromatic carbocycles. The molecular weight excluding hydrogens is 353 g/mol. The van der Waals surface area contributed by atoms with E-state index < -0.39 is 35.8 Å². The number of nitrogen functional groups attached to an aromatic ring is 1. The summed E-state index contributed by atoms with van der Waals surface area (Å²) in [4.78, 5) is 29.2. The number of para-hydroxylation sites is 1. The van der Waals surface area contributed by atoms with Crippen LogP contribution in [0.15, 0.2) is 36.4 Å². The Morgan fingerprint density at radius 1 is 1.27 bits per heavy atom. The van der Waals surface area contributed by atoms with Gasteiger partial charge in [0.25, 0.3) is 5.91 Å². The van der Waals surface area contributed by atoms with Gasteiger partial charge in [-0.1, -0.05) is 12.1 Å². The first kappa shape index (κ1) is 17.5. The highest BCUT2D eigenvalue weighted by atomic mass is 19.4. The number of fused-ring (bicyclic) bond motifs is 1. The third-order valence-electron chi connectivity index (χ3n) is 3.58. The van der Waals surface area contributed by atoms with Crippen molar-refractivity contribution in [2.24, 2.45) is 0 Å². The highest BCUT2D eigenvalue weighted by molar-refractivity contribution is 6.04. The third kappa shape index (κ3) is 3.53. The van der Waals surface area contributed by atoms with Gasteiger partial charge in [-0.05, 0) is 24.3 Å². The first-order chi connectivity index (χ1) is 12.3. The standard InChI is InChI=1S/C16H13F3N4O3/c17-16(18,19)9-3-1-2-4-10(9)21-13(24)7-23-14(25)8-26-11-5-6-12(20)22-15(11)23/h1-6H,7-8H2,(H2,20,22)(H,21,24). The SMILES string of the molecule is Nc1ccc2c(n1)N(CC(=O)Nc1ccccc1C(F)(F)F)C(=O)CO2. The maximum Gasteiger partial charge on any atom is 0.418 e. The molecule has 7 nitrogen and oxygen atoms in total. The number of hydrogen-bond donors (Lipinski definition) is 2. The summed E-state index contributed by atoms with van der Waals surface area (Å²) in [5.74, 6) is -0.973. The van der Waals surface area contributed by atoms with Gasteiger partial charge >= 0.3 is 6.18 Å². The molecule has 10 heteroatoms. The first-order valence-electron chi connectivity index (χ1n) is 7.41. The Balaban J connectivity index is 1.82. The Labute approximate surface area is 145 Å². The average molecular weight is 366 g/mol. The highest BCUT2D eigenvalue weighted by Crippen LogP contribution is 2.35. The van der Waals surface area contributed by atoms with Crippen LogP contribution in [0.1, 0.15) is 5.56 Å². The monoisotopic (exact) mass is 366 g/mol. The predicted octanol–water partition coefficient (Wildman–Crippen LogP) is 2.05. The Morgan fingerprint density at radius 3 is 2.73 bits per heavy atom. The number of nitrogens with two attached hydrogens (primary N) is 1. The number of aromatic nitrogens is 1. The van der Waals surface area contributed by atoms with Crippen molar-refractivity contribution >= 4 is 29.1 Å². The van der Waals surface area contributed by atoms with Crippen molar-refractivity contribution < 1.29 is 27.5 Å². The van der Waals surface area contributed by atoms with Crippen LogP contribution in [-0.4, -0.2) is 29.9 Å². The van der Waals surface area contributed by atoms with Gasteiger partial charge in [0, 0.05) is 0 Å². The van der Waals surface area contributed by atoms with Gasteiger partial charge in [-0.3, -0.25) is 14.5 Å². The average Bonchev–Trinajstić information content (AvgIpc) is 2.57. The lowest BCUT2D eigenvalue weighted by Crippen LogP contribution is -2.44. The number of pyridine rings is 1. The lowest BCUT2D eigenvalue weighted by molar-refractivity contribution is -0.137. The van der Waals surface area contributed by atoms with Gasteiger partial charge in [0.2, 0.25) is 5.91 Å². The molecule has 0 spiro atoms. The number of nitrogens with zero attached hydrogens (tertiary/aromatic N) is 2. The van der Waals surface area contributed by atoms with E-state index in [1.807, 2.05) is 0 Å². The largest absolute Gasteiger partial charge is 0.480 e. The van der Waals surface area contributed by atoms with Gasteiger partial charge in [-0.2, -0.15) is 13.2 Å². The summed E-state index contributed by atoms with van der Waals surface area (Å²) in [5, 5.41) is 2.18. The van der Waals surface area contributed by atoms with Gasteiger partial charge < -0.3 is 15.8 Å². The normalized spacial score (nSPS) is 13.8. The number of amides is 2. The maximum atomic E-state index is 13.0.